The van der Waals surface area contributed by atoms with Crippen molar-refractivity contribution in [2.24, 2.45) is 0 Å². The summed E-state index contributed by atoms with van der Waals surface area (Å²) in [6.45, 7) is 0. The van der Waals surface area contributed by atoms with E-state index in [-0.39, 0.29) is 11.4 Å². The van der Waals surface area contributed by atoms with E-state index in [2.05, 4.69) is 10.3 Å². The molecule has 0 aliphatic heterocycles. The smallest absolute Gasteiger partial charge is 0.274 e. The first-order valence-corrected chi connectivity index (χ1v) is 5.24. The van der Waals surface area contributed by atoms with Gasteiger partial charge in [-0.3, -0.25) is 14.9 Å². The van der Waals surface area contributed by atoms with Crippen LogP contribution in [0.2, 0.25) is 0 Å². The van der Waals surface area contributed by atoms with E-state index in [1.165, 1.54) is 36.4 Å². The number of rotatable bonds is 3. The fraction of sp³-hybridized carbons (Fsp3) is 0. The van der Waals surface area contributed by atoms with Crippen LogP contribution in [-0.4, -0.2) is 15.8 Å². The van der Waals surface area contributed by atoms with Crippen molar-refractivity contribution >= 4 is 17.3 Å². The maximum Gasteiger partial charge on any atom is 0.274 e. The Hall–Kier alpha value is -2.83. The van der Waals surface area contributed by atoms with Crippen molar-refractivity contribution in [3.63, 3.8) is 0 Å². The molecule has 7 heteroatoms. The van der Waals surface area contributed by atoms with Crippen LogP contribution in [0.25, 0.3) is 0 Å². The molecule has 19 heavy (non-hydrogen) atoms. The van der Waals surface area contributed by atoms with Crippen LogP contribution < -0.4 is 5.32 Å². The summed E-state index contributed by atoms with van der Waals surface area (Å²) in [5, 5.41) is 12.9. The van der Waals surface area contributed by atoms with Crippen LogP contribution in [0.4, 0.5) is 15.8 Å². The first-order valence-electron chi connectivity index (χ1n) is 5.24. The molecule has 1 amide bonds. The Kier molecular flexibility index (Phi) is 3.46. The van der Waals surface area contributed by atoms with Crippen LogP contribution >= 0.6 is 0 Å². The average molecular weight is 261 g/mol. The number of non-ortho nitro benzene ring substituents is 1. The number of anilines is 1. The second kappa shape index (κ2) is 5.21. The summed E-state index contributed by atoms with van der Waals surface area (Å²) in [5.74, 6) is -1.34. The minimum absolute atomic E-state index is 0.0710. The van der Waals surface area contributed by atoms with Gasteiger partial charge in [-0.1, -0.05) is 6.07 Å². The van der Waals surface area contributed by atoms with Crippen LogP contribution in [0.5, 0.6) is 0 Å². The number of nitro groups is 1. The van der Waals surface area contributed by atoms with Crippen LogP contribution in [0.15, 0.2) is 42.5 Å². The quantitative estimate of drug-likeness (QED) is 0.522. The number of nitrogens with one attached hydrogen (secondary N) is 1. The fourth-order valence-electron chi connectivity index (χ4n) is 1.40. The first-order chi connectivity index (χ1) is 9.06. The highest BCUT2D eigenvalue weighted by molar-refractivity contribution is 6.02. The Morgan fingerprint density at radius 3 is 2.47 bits per heavy atom. The van der Waals surface area contributed by atoms with Gasteiger partial charge >= 0.3 is 0 Å². The Balaban J connectivity index is 2.13. The number of carbonyl (C=O) groups is 1. The number of pyridine rings is 1. The Morgan fingerprint density at radius 1 is 1.21 bits per heavy atom. The molecule has 0 bridgehead atoms. The van der Waals surface area contributed by atoms with Gasteiger partial charge in [0.1, 0.15) is 5.69 Å². The summed E-state index contributed by atoms with van der Waals surface area (Å²) < 4.78 is 12.8. The molecule has 0 spiro atoms. The third-order valence-corrected chi connectivity index (χ3v) is 2.28. The van der Waals surface area contributed by atoms with Gasteiger partial charge in [-0.05, 0) is 24.3 Å². The lowest BCUT2D eigenvalue weighted by atomic mass is 10.2. The summed E-state index contributed by atoms with van der Waals surface area (Å²) in [7, 11) is 0. The van der Waals surface area contributed by atoms with E-state index in [0.717, 1.165) is 6.07 Å². The standard InChI is InChI=1S/C12H8FN3O3/c13-11-3-1-2-10(15-11)12(17)14-8-4-6-9(7-5-8)16(18)19/h1-7H,(H,14,17). The van der Waals surface area contributed by atoms with Crippen molar-refractivity contribution in [2.75, 3.05) is 5.32 Å². The van der Waals surface area contributed by atoms with E-state index >= 15 is 0 Å². The molecular formula is C12H8FN3O3. The Bertz CT molecular complexity index is 628. The first kappa shape index (κ1) is 12.6. The van der Waals surface area contributed by atoms with Crippen molar-refractivity contribution in [1.82, 2.24) is 4.98 Å². The fourth-order valence-corrected chi connectivity index (χ4v) is 1.40. The lowest BCUT2D eigenvalue weighted by Crippen LogP contribution is -2.14. The molecule has 0 radical (unpaired) electrons. The molecule has 1 heterocycles. The van der Waals surface area contributed by atoms with Crippen molar-refractivity contribution in [3.8, 4) is 0 Å². The molecule has 0 atom stereocenters. The summed E-state index contributed by atoms with van der Waals surface area (Å²) in [4.78, 5) is 25.1. The van der Waals surface area contributed by atoms with Crippen LogP contribution in [0.1, 0.15) is 10.5 Å². The second-order valence-corrected chi connectivity index (χ2v) is 3.60. The molecule has 0 saturated heterocycles. The summed E-state index contributed by atoms with van der Waals surface area (Å²) >= 11 is 0. The van der Waals surface area contributed by atoms with Gasteiger partial charge in [-0.2, -0.15) is 4.39 Å². The molecule has 2 aromatic rings. The van der Waals surface area contributed by atoms with E-state index in [0.29, 0.717) is 5.69 Å². The molecule has 96 valence electrons. The zero-order chi connectivity index (χ0) is 13.8. The number of hydrogen-bond acceptors (Lipinski definition) is 4. The van der Waals surface area contributed by atoms with E-state index in [1.807, 2.05) is 0 Å². The van der Waals surface area contributed by atoms with E-state index in [1.54, 1.807) is 0 Å². The van der Waals surface area contributed by atoms with Crippen molar-refractivity contribution in [2.45, 2.75) is 0 Å². The number of nitro benzene ring substituents is 1. The zero-order valence-electron chi connectivity index (χ0n) is 9.54. The van der Waals surface area contributed by atoms with E-state index < -0.39 is 16.8 Å². The van der Waals surface area contributed by atoms with Gasteiger partial charge in [-0.15, -0.1) is 0 Å². The third kappa shape index (κ3) is 3.09. The molecule has 2 rings (SSSR count). The summed E-state index contributed by atoms with van der Waals surface area (Å²) in [6.07, 6.45) is 0. The number of carbonyl (C=O) groups excluding carboxylic acids is 1. The predicted molar refractivity (Wildman–Crippen MR) is 65.2 cm³/mol. The van der Waals surface area contributed by atoms with Gasteiger partial charge in [0, 0.05) is 17.8 Å². The predicted octanol–water partition coefficient (Wildman–Crippen LogP) is 2.38. The van der Waals surface area contributed by atoms with Gasteiger partial charge in [0.25, 0.3) is 11.6 Å². The number of hydrogen-bond donors (Lipinski definition) is 1. The van der Waals surface area contributed by atoms with Crippen LogP contribution in [0, 0.1) is 16.1 Å². The lowest BCUT2D eigenvalue weighted by Gasteiger charge is -2.04. The van der Waals surface area contributed by atoms with E-state index in [4.69, 9.17) is 0 Å². The maximum absolute atomic E-state index is 12.8. The molecule has 0 aliphatic rings. The zero-order valence-corrected chi connectivity index (χ0v) is 9.54. The van der Waals surface area contributed by atoms with E-state index in [9.17, 15) is 19.3 Å². The van der Waals surface area contributed by atoms with Gasteiger partial charge in [0.15, 0.2) is 0 Å². The number of nitrogens with zero attached hydrogens (tertiary/aromatic N) is 2. The minimum atomic E-state index is -0.753. The molecule has 0 aliphatic carbocycles. The molecule has 1 aromatic heterocycles. The van der Waals surface area contributed by atoms with Gasteiger partial charge in [0.05, 0.1) is 4.92 Å². The highest BCUT2D eigenvalue weighted by atomic mass is 19.1. The highest BCUT2D eigenvalue weighted by Gasteiger charge is 2.10. The van der Waals surface area contributed by atoms with Gasteiger partial charge in [0.2, 0.25) is 5.95 Å². The third-order valence-electron chi connectivity index (χ3n) is 2.28. The van der Waals surface area contributed by atoms with Crippen molar-refractivity contribution in [3.05, 3.63) is 64.2 Å². The maximum atomic E-state index is 12.8. The average Bonchev–Trinajstić information content (AvgIpc) is 2.39. The van der Waals surface area contributed by atoms with Crippen LogP contribution in [-0.2, 0) is 0 Å². The van der Waals surface area contributed by atoms with Gasteiger partial charge < -0.3 is 5.32 Å². The minimum Gasteiger partial charge on any atom is -0.321 e. The number of amides is 1. The second-order valence-electron chi connectivity index (χ2n) is 3.60. The van der Waals surface area contributed by atoms with Crippen molar-refractivity contribution in [1.29, 1.82) is 0 Å². The largest absolute Gasteiger partial charge is 0.321 e. The molecular weight excluding hydrogens is 253 g/mol. The van der Waals surface area contributed by atoms with Crippen LogP contribution in [0.3, 0.4) is 0 Å². The Morgan fingerprint density at radius 2 is 1.89 bits per heavy atom. The van der Waals surface area contributed by atoms with Gasteiger partial charge in [-0.25, -0.2) is 4.98 Å². The topological polar surface area (TPSA) is 85.1 Å². The normalized spacial score (nSPS) is 9.95. The molecule has 1 aromatic carbocycles. The molecule has 0 saturated carbocycles. The molecule has 6 nitrogen and oxygen atoms in total. The monoisotopic (exact) mass is 261 g/mol. The molecule has 0 fully saturated rings. The van der Waals surface area contributed by atoms with Crippen molar-refractivity contribution < 1.29 is 14.1 Å². The highest BCUT2D eigenvalue weighted by Crippen LogP contribution is 2.15. The summed E-state index contributed by atoms with van der Waals surface area (Å²) in [6, 6.07) is 9.15. The lowest BCUT2D eigenvalue weighted by molar-refractivity contribution is -0.384. The summed E-state index contributed by atoms with van der Waals surface area (Å²) in [5.41, 5.74) is 0.210. The molecule has 1 N–H and O–H groups in total. The SMILES string of the molecule is O=C(Nc1ccc([N+](=O)[O-])cc1)c1cccc(F)n1. The number of benzene rings is 1. The molecule has 0 unspecified atom stereocenters. The Labute approximate surface area is 107 Å². The number of aromatic nitrogens is 1. The number of halogens is 1.